The van der Waals surface area contributed by atoms with Gasteiger partial charge in [0.2, 0.25) is 5.78 Å². The monoisotopic (exact) mass is 622 g/mol. The van der Waals surface area contributed by atoms with Crippen LogP contribution in [0.4, 0.5) is 5.69 Å². The summed E-state index contributed by atoms with van der Waals surface area (Å²) < 4.78 is 16.3. The van der Waals surface area contributed by atoms with E-state index >= 15 is 0 Å². The van der Waals surface area contributed by atoms with Crippen LogP contribution in [0.2, 0.25) is 0 Å². The molecule has 1 heterocycles. The van der Waals surface area contributed by atoms with Gasteiger partial charge in [-0.2, -0.15) is 0 Å². The first kappa shape index (κ1) is 34.7. The lowest BCUT2D eigenvalue weighted by molar-refractivity contribution is -0.176. The number of hydrogen-bond donors (Lipinski definition) is 0. The highest BCUT2D eigenvalue weighted by molar-refractivity contribution is 6.04. The fourth-order valence-electron chi connectivity index (χ4n) is 5.96. The first-order chi connectivity index (χ1) is 22.3. The number of benzene rings is 4. The molecule has 0 aliphatic carbocycles. The zero-order valence-corrected chi connectivity index (χ0v) is 27.6. The Kier molecular flexibility index (Phi) is 12.4. The van der Waals surface area contributed by atoms with Gasteiger partial charge in [0.1, 0.15) is 0 Å². The molecule has 4 aromatic rings. The van der Waals surface area contributed by atoms with Gasteiger partial charge >= 0.3 is 0 Å². The summed E-state index contributed by atoms with van der Waals surface area (Å²) in [7, 11) is 6.95. The van der Waals surface area contributed by atoms with Gasteiger partial charge in [-0.1, -0.05) is 97.9 Å². The second kappa shape index (κ2) is 16.4. The minimum absolute atomic E-state index is 0.187. The van der Waals surface area contributed by atoms with E-state index in [1.807, 2.05) is 93.0 Å². The molecule has 0 spiro atoms. The van der Waals surface area contributed by atoms with Crippen LogP contribution >= 0.6 is 0 Å². The van der Waals surface area contributed by atoms with Crippen LogP contribution in [0.1, 0.15) is 45.2 Å². The molecule has 4 aromatic carbocycles. The third-order valence-electron chi connectivity index (χ3n) is 8.77. The summed E-state index contributed by atoms with van der Waals surface area (Å²) in [4.78, 5) is 30.6. The van der Waals surface area contributed by atoms with Crippen LogP contribution in [0.25, 0.3) is 0 Å². The van der Waals surface area contributed by atoms with Crippen molar-refractivity contribution in [1.29, 1.82) is 0 Å². The summed E-state index contributed by atoms with van der Waals surface area (Å²) in [5.41, 5.74) is 3.81. The van der Waals surface area contributed by atoms with Crippen molar-refractivity contribution in [3.63, 3.8) is 0 Å². The lowest BCUT2D eigenvalue weighted by atomic mass is 9.80. The largest absolute Gasteiger partial charge is 0.378 e. The first-order valence-electron chi connectivity index (χ1n) is 15.8. The molecule has 242 valence electrons. The Morgan fingerprint density at radius 2 is 1.22 bits per heavy atom. The summed E-state index contributed by atoms with van der Waals surface area (Å²) in [6.07, 6.45) is 1.47. The van der Waals surface area contributed by atoms with Gasteiger partial charge in [-0.05, 0) is 56.8 Å². The topological polar surface area (TPSA) is 68.3 Å². The van der Waals surface area contributed by atoms with Gasteiger partial charge < -0.3 is 19.1 Å². The number of ether oxygens (including phenoxy) is 3. The normalized spacial score (nSPS) is 14.6. The Morgan fingerprint density at radius 1 is 0.717 bits per heavy atom. The Balaban J connectivity index is 0.000000222. The SMILES string of the molecule is CCC(Cc1ccccc1)(C(=O)c1ccc(N2CCOCC2)cc1)N(C)C.COC(OC)(C(=O)c1ccccc1)c1ccccc1. The second-order valence-corrected chi connectivity index (χ2v) is 11.5. The molecule has 1 atom stereocenters. The van der Waals surface area contributed by atoms with Crippen LogP contribution in [-0.4, -0.2) is 76.6 Å². The molecule has 7 heteroatoms. The third-order valence-corrected chi connectivity index (χ3v) is 8.77. The highest BCUT2D eigenvalue weighted by atomic mass is 16.7. The van der Waals surface area contributed by atoms with Crippen LogP contribution in [0, 0.1) is 0 Å². The molecule has 0 bridgehead atoms. The average molecular weight is 623 g/mol. The maximum absolute atomic E-state index is 13.6. The number of rotatable bonds is 12. The summed E-state index contributed by atoms with van der Waals surface area (Å²) >= 11 is 0. The van der Waals surface area contributed by atoms with Crippen LogP contribution in [0.5, 0.6) is 0 Å². The quantitative estimate of drug-likeness (QED) is 0.129. The molecule has 7 nitrogen and oxygen atoms in total. The number of methoxy groups -OCH3 is 2. The fraction of sp³-hybridized carbons (Fsp3) is 0.333. The zero-order valence-electron chi connectivity index (χ0n) is 27.6. The van der Waals surface area contributed by atoms with E-state index < -0.39 is 11.3 Å². The maximum Gasteiger partial charge on any atom is 0.260 e. The van der Waals surface area contributed by atoms with Gasteiger partial charge in [-0.3, -0.25) is 14.5 Å². The molecule has 1 aliphatic rings. The van der Waals surface area contributed by atoms with Crippen molar-refractivity contribution in [3.8, 4) is 0 Å². The minimum Gasteiger partial charge on any atom is -0.378 e. The smallest absolute Gasteiger partial charge is 0.260 e. The number of hydrogen-bond acceptors (Lipinski definition) is 7. The Labute approximate surface area is 273 Å². The van der Waals surface area contributed by atoms with E-state index in [0.29, 0.717) is 17.5 Å². The molecule has 5 rings (SSSR count). The van der Waals surface area contributed by atoms with E-state index in [1.165, 1.54) is 19.8 Å². The number of anilines is 1. The molecule has 0 amide bonds. The van der Waals surface area contributed by atoms with E-state index in [-0.39, 0.29) is 11.6 Å². The van der Waals surface area contributed by atoms with Crippen molar-refractivity contribution in [3.05, 3.63) is 138 Å². The first-order valence-corrected chi connectivity index (χ1v) is 15.8. The van der Waals surface area contributed by atoms with Crippen molar-refractivity contribution in [1.82, 2.24) is 4.90 Å². The van der Waals surface area contributed by atoms with Crippen molar-refractivity contribution >= 4 is 17.3 Å². The molecule has 0 saturated carbocycles. The lowest BCUT2D eigenvalue weighted by Gasteiger charge is -2.38. The van der Waals surface area contributed by atoms with E-state index in [1.54, 1.807) is 12.1 Å². The van der Waals surface area contributed by atoms with Crippen LogP contribution in [-0.2, 0) is 26.4 Å². The zero-order chi connectivity index (χ0) is 33.0. The minimum atomic E-state index is -1.40. The molecule has 1 fully saturated rings. The number of nitrogens with zero attached hydrogens (tertiary/aromatic N) is 2. The van der Waals surface area contributed by atoms with Crippen molar-refractivity contribution in [2.75, 3.05) is 59.5 Å². The van der Waals surface area contributed by atoms with E-state index in [4.69, 9.17) is 14.2 Å². The van der Waals surface area contributed by atoms with Crippen molar-refractivity contribution in [2.45, 2.75) is 31.1 Å². The predicted molar refractivity (Wildman–Crippen MR) is 184 cm³/mol. The van der Waals surface area contributed by atoms with Crippen molar-refractivity contribution in [2.24, 2.45) is 0 Å². The molecule has 1 unspecified atom stereocenters. The predicted octanol–water partition coefficient (Wildman–Crippen LogP) is 6.67. The molecule has 1 aliphatic heterocycles. The number of carbonyl (C=O) groups is 2. The third kappa shape index (κ3) is 7.80. The molecule has 46 heavy (non-hydrogen) atoms. The van der Waals surface area contributed by atoms with Crippen LogP contribution in [0.15, 0.2) is 115 Å². The lowest BCUT2D eigenvalue weighted by Crippen LogP contribution is -2.52. The summed E-state index contributed by atoms with van der Waals surface area (Å²) in [6.45, 7) is 5.42. The van der Waals surface area contributed by atoms with E-state index in [0.717, 1.165) is 44.0 Å². The van der Waals surface area contributed by atoms with Gasteiger partial charge in [-0.15, -0.1) is 0 Å². The average Bonchev–Trinajstić information content (AvgIpc) is 3.13. The number of morpholine rings is 1. The highest BCUT2D eigenvalue weighted by Gasteiger charge is 2.41. The Bertz CT molecular complexity index is 1500. The van der Waals surface area contributed by atoms with Crippen molar-refractivity contribution < 1.29 is 23.8 Å². The standard InChI is InChI=1S/C23H30N2O2.C16H16O3/c1-4-23(24(2)3,18-19-8-6-5-7-9-19)22(26)20-10-12-21(13-11-20)25-14-16-27-17-15-25;1-18-16(19-2,14-11-7-4-8-12-14)15(17)13-9-5-3-6-10-13/h5-13H,4,14-18H2,1-3H3;3-12H,1-2H3. The van der Waals surface area contributed by atoms with Gasteiger partial charge in [0, 0.05) is 49.7 Å². The molecule has 0 N–H and O–H groups in total. The molecule has 0 radical (unpaired) electrons. The maximum atomic E-state index is 13.6. The van der Waals surface area contributed by atoms with E-state index in [2.05, 4.69) is 41.0 Å². The number of likely N-dealkylation sites (N-methyl/N-ethyl adjacent to an activating group) is 1. The number of carbonyl (C=O) groups excluding carboxylic acids is 2. The Morgan fingerprint density at radius 3 is 1.72 bits per heavy atom. The van der Waals surface area contributed by atoms with Gasteiger partial charge in [0.15, 0.2) is 5.78 Å². The molecular weight excluding hydrogens is 576 g/mol. The molecule has 0 aromatic heterocycles. The molecular formula is C39H46N2O5. The van der Waals surface area contributed by atoms with Crippen LogP contribution in [0.3, 0.4) is 0 Å². The summed E-state index contributed by atoms with van der Waals surface area (Å²) in [5, 5.41) is 0. The highest BCUT2D eigenvalue weighted by Crippen LogP contribution is 2.31. The Hall–Kier alpha value is -4.14. The van der Waals surface area contributed by atoms with Gasteiger partial charge in [-0.25, -0.2) is 0 Å². The summed E-state index contributed by atoms with van der Waals surface area (Å²) in [6, 6.07) is 36.6. The fourth-order valence-corrected chi connectivity index (χ4v) is 5.96. The van der Waals surface area contributed by atoms with Gasteiger partial charge in [0.05, 0.1) is 18.8 Å². The number of ketones is 2. The van der Waals surface area contributed by atoms with E-state index in [9.17, 15) is 9.59 Å². The summed E-state index contributed by atoms with van der Waals surface area (Å²) in [5.74, 6) is -1.43. The molecule has 1 saturated heterocycles. The second-order valence-electron chi connectivity index (χ2n) is 11.5. The number of Topliss-reactive ketones (excluding diaryl/α,β-unsaturated/α-hetero) is 2. The van der Waals surface area contributed by atoms with Crippen LogP contribution < -0.4 is 4.90 Å². The van der Waals surface area contributed by atoms with Gasteiger partial charge in [0.25, 0.3) is 5.79 Å².